The normalized spacial score (nSPS) is 12.2. The third-order valence-electron chi connectivity index (χ3n) is 15.3. The highest BCUT2D eigenvalue weighted by Gasteiger charge is 2.46. The van der Waals surface area contributed by atoms with Gasteiger partial charge in [-0.3, -0.25) is 9.59 Å². The minimum atomic E-state index is -0.945. The molecule has 8 rings (SSSR count). The molecule has 8 aromatic carbocycles. The largest absolute Gasteiger partial charge is 0.488 e. The summed E-state index contributed by atoms with van der Waals surface area (Å²) in [5, 5.41) is 0. The Morgan fingerprint density at radius 2 is 0.793 bits per heavy atom. The molecule has 0 amide bonds. The topological polar surface area (TPSA) is 124 Å². The lowest BCUT2D eigenvalue weighted by Crippen LogP contribution is -2.49. The van der Waals surface area contributed by atoms with Gasteiger partial charge in [0.25, 0.3) is 0 Å². The molecule has 0 aromatic heterocycles. The van der Waals surface area contributed by atoms with Crippen LogP contribution in [0.5, 0.6) is 46.0 Å². The SMILES string of the molecule is CCC(C)(C)Oc1ccc(Cc2ccc(OC(=O)c3ccc(Oc4ccc(C(=O)C(C)(C)C(C)(C)Oc5ccc(C(C)c6ccc(OC(=O)c7ccc(Oc8ccc(C(=O)C(C)(C)C)cc8)cc7)c(C)c6)cc5C)cc4)cc3)cc2)cc1. The number of ether oxygens (including phenoxy) is 6. The minimum Gasteiger partial charge on any atom is -0.488 e. The van der Waals surface area contributed by atoms with E-state index in [0.29, 0.717) is 62.5 Å². The summed E-state index contributed by atoms with van der Waals surface area (Å²) in [5.74, 6) is 3.64. The minimum absolute atomic E-state index is 0.0100. The first kappa shape index (κ1) is 59.4. The molecule has 0 saturated heterocycles. The molecule has 0 radical (unpaired) electrons. The van der Waals surface area contributed by atoms with Crippen molar-refractivity contribution in [2.75, 3.05) is 0 Å². The molecule has 0 heterocycles. The number of esters is 2. The van der Waals surface area contributed by atoms with Crippen LogP contribution >= 0.6 is 0 Å². The molecule has 0 saturated carbocycles. The number of rotatable bonds is 21. The molecule has 1 atom stereocenters. The summed E-state index contributed by atoms with van der Waals surface area (Å²) < 4.78 is 36.4. The molecule has 422 valence electrons. The lowest BCUT2D eigenvalue weighted by atomic mass is 9.71. The molecule has 82 heavy (non-hydrogen) atoms. The standard InChI is InChI=1S/C72H74O10/c1-14-70(8,9)81-62-31-17-50(18-32-62)45-49-15-29-61(30-16-49)79-67(75)53-23-37-59(38-24-53)78-58-35-21-52(22-36-58)66(74)71(10,11)72(12,13)82-64-42-28-56(44-47(64)3)48(4)55-27-41-63(46(2)43-55)80-68(76)54-25-39-60(40-26-54)77-57-33-19-51(20-34-57)65(73)69(5,6)7/h15-44,48H,14,45H2,1-13H3. The van der Waals surface area contributed by atoms with Crippen LogP contribution in [0.3, 0.4) is 0 Å². The van der Waals surface area contributed by atoms with Gasteiger partial charge < -0.3 is 28.4 Å². The molecule has 10 heteroatoms. The van der Waals surface area contributed by atoms with Gasteiger partial charge in [-0.2, -0.15) is 0 Å². The van der Waals surface area contributed by atoms with Gasteiger partial charge in [0.05, 0.1) is 16.5 Å². The number of hydrogen-bond donors (Lipinski definition) is 0. The Hall–Kier alpha value is -8.76. The highest BCUT2D eigenvalue weighted by molar-refractivity contribution is 6.01. The van der Waals surface area contributed by atoms with Crippen molar-refractivity contribution in [2.45, 2.75) is 120 Å². The van der Waals surface area contributed by atoms with Crippen molar-refractivity contribution in [2.24, 2.45) is 10.8 Å². The highest BCUT2D eigenvalue weighted by atomic mass is 16.5. The van der Waals surface area contributed by atoms with E-state index in [4.69, 9.17) is 28.4 Å². The van der Waals surface area contributed by atoms with Crippen molar-refractivity contribution < 1.29 is 47.6 Å². The Morgan fingerprint density at radius 3 is 1.21 bits per heavy atom. The number of carbonyl (C=O) groups is 4. The van der Waals surface area contributed by atoms with E-state index in [1.54, 1.807) is 109 Å². The van der Waals surface area contributed by atoms with E-state index in [1.807, 2.05) is 117 Å². The molecule has 0 N–H and O–H groups in total. The number of ketones is 2. The maximum Gasteiger partial charge on any atom is 0.343 e. The number of hydrogen-bond acceptors (Lipinski definition) is 10. The summed E-state index contributed by atoms with van der Waals surface area (Å²) in [5.41, 5.74) is 5.46. The Bertz CT molecular complexity index is 3550. The van der Waals surface area contributed by atoms with Crippen molar-refractivity contribution in [1.82, 2.24) is 0 Å². The molecular formula is C72H74O10. The van der Waals surface area contributed by atoms with Gasteiger partial charge in [-0.05, 0) is 235 Å². The number of benzene rings is 8. The van der Waals surface area contributed by atoms with Gasteiger partial charge in [-0.1, -0.05) is 83.1 Å². The summed E-state index contributed by atoms with van der Waals surface area (Å²) in [6.45, 7) is 25.6. The predicted molar refractivity (Wildman–Crippen MR) is 323 cm³/mol. The average molecular weight is 1100 g/mol. The van der Waals surface area contributed by atoms with Crippen LogP contribution in [0, 0.1) is 24.7 Å². The Balaban J connectivity index is 0.806. The Kier molecular flexibility index (Phi) is 17.8. The van der Waals surface area contributed by atoms with E-state index in [2.05, 4.69) is 45.9 Å². The fraction of sp³-hybridized carbons (Fsp3) is 0.278. The van der Waals surface area contributed by atoms with Crippen LogP contribution in [0.2, 0.25) is 0 Å². The van der Waals surface area contributed by atoms with Gasteiger partial charge >= 0.3 is 11.9 Å². The molecule has 10 nitrogen and oxygen atoms in total. The lowest BCUT2D eigenvalue weighted by Gasteiger charge is -2.41. The third kappa shape index (κ3) is 14.6. The van der Waals surface area contributed by atoms with Crippen molar-refractivity contribution in [1.29, 1.82) is 0 Å². The van der Waals surface area contributed by atoms with Crippen molar-refractivity contribution >= 4 is 23.5 Å². The predicted octanol–water partition coefficient (Wildman–Crippen LogP) is 17.9. The lowest BCUT2D eigenvalue weighted by molar-refractivity contribution is -0.00115. The summed E-state index contributed by atoms with van der Waals surface area (Å²) >= 11 is 0. The third-order valence-corrected chi connectivity index (χ3v) is 15.3. The number of aryl methyl sites for hydroxylation is 2. The monoisotopic (exact) mass is 1100 g/mol. The van der Waals surface area contributed by atoms with Crippen LogP contribution in [0.4, 0.5) is 0 Å². The van der Waals surface area contributed by atoms with Crippen LogP contribution in [-0.2, 0) is 6.42 Å². The zero-order valence-corrected chi connectivity index (χ0v) is 49.4. The maximum absolute atomic E-state index is 14.2. The first-order chi connectivity index (χ1) is 38.8. The molecule has 8 aromatic rings. The van der Waals surface area contributed by atoms with Gasteiger partial charge in [0.15, 0.2) is 11.6 Å². The van der Waals surface area contributed by atoms with Crippen LogP contribution in [0.1, 0.15) is 163 Å². The quantitative estimate of drug-likeness (QED) is 0.0390. The van der Waals surface area contributed by atoms with Crippen LogP contribution in [-0.4, -0.2) is 34.7 Å². The smallest absolute Gasteiger partial charge is 0.343 e. The summed E-state index contributed by atoms with van der Waals surface area (Å²) in [7, 11) is 0. The first-order valence-electron chi connectivity index (χ1n) is 27.8. The zero-order chi connectivity index (χ0) is 59.1. The molecule has 0 aliphatic carbocycles. The first-order valence-corrected chi connectivity index (χ1v) is 27.8. The zero-order valence-electron chi connectivity index (χ0n) is 49.4. The second kappa shape index (κ2) is 24.5. The van der Waals surface area contributed by atoms with Gasteiger partial charge in [-0.25, -0.2) is 9.59 Å². The fourth-order valence-corrected chi connectivity index (χ4v) is 9.02. The van der Waals surface area contributed by atoms with E-state index in [9.17, 15) is 19.2 Å². The number of Topliss-reactive ketones (excluding diaryl/α,β-unsaturated/α-hetero) is 2. The summed E-state index contributed by atoms with van der Waals surface area (Å²) in [4.78, 5) is 53.1. The molecule has 0 aliphatic rings. The molecule has 0 bridgehead atoms. The Labute approximate surface area is 483 Å². The van der Waals surface area contributed by atoms with Gasteiger partial charge in [0, 0.05) is 22.5 Å². The number of carbonyl (C=O) groups excluding carboxylic acids is 4. The second-order valence-electron chi connectivity index (χ2n) is 23.7. The second-order valence-corrected chi connectivity index (χ2v) is 23.7. The van der Waals surface area contributed by atoms with E-state index in [1.165, 1.54) is 0 Å². The Morgan fingerprint density at radius 1 is 0.415 bits per heavy atom. The maximum atomic E-state index is 14.2. The van der Waals surface area contributed by atoms with E-state index in [-0.39, 0.29) is 23.1 Å². The molecular weight excluding hydrogens is 1020 g/mol. The van der Waals surface area contributed by atoms with E-state index < -0.39 is 28.4 Å². The summed E-state index contributed by atoms with van der Waals surface area (Å²) in [6, 6.07) is 55.1. The van der Waals surface area contributed by atoms with E-state index >= 15 is 0 Å². The molecule has 0 fully saturated rings. The van der Waals surface area contributed by atoms with Gasteiger partial charge in [-0.15, -0.1) is 0 Å². The van der Waals surface area contributed by atoms with Crippen LogP contribution in [0.15, 0.2) is 182 Å². The molecule has 0 spiro atoms. The van der Waals surface area contributed by atoms with Crippen LogP contribution in [0.25, 0.3) is 0 Å². The highest BCUT2D eigenvalue weighted by Crippen LogP contribution is 2.41. The molecule has 1 unspecified atom stereocenters. The van der Waals surface area contributed by atoms with Gasteiger partial charge in [0.2, 0.25) is 0 Å². The van der Waals surface area contributed by atoms with Crippen molar-refractivity contribution in [3.63, 3.8) is 0 Å². The van der Waals surface area contributed by atoms with Crippen LogP contribution < -0.4 is 28.4 Å². The van der Waals surface area contributed by atoms with Gasteiger partial charge in [0.1, 0.15) is 57.2 Å². The summed E-state index contributed by atoms with van der Waals surface area (Å²) in [6.07, 6.45) is 1.65. The van der Waals surface area contributed by atoms with Crippen molar-refractivity contribution in [3.05, 3.63) is 238 Å². The fourth-order valence-electron chi connectivity index (χ4n) is 9.02. The molecule has 0 aliphatic heterocycles. The van der Waals surface area contributed by atoms with Crippen molar-refractivity contribution in [3.8, 4) is 46.0 Å². The average Bonchev–Trinajstić information content (AvgIpc) is 3.65. The van der Waals surface area contributed by atoms with E-state index in [0.717, 1.165) is 52.0 Å².